The molecule has 0 saturated heterocycles. The molecule has 0 aliphatic rings. The van der Waals surface area contributed by atoms with E-state index in [2.05, 4.69) is 4.52 Å². The number of aliphatic hydroxyl groups excluding tert-OH is 1. The summed E-state index contributed by atoms with van der Waals surface area (Å²) in [4.78, 5) is 20.0. The SMILES string of the molecule is O=C(C(=CO)O[P+](=O)O)c1ccccc1. The van der Waals surface area contributed by atoms with Crippen LogP contribution in [-0.2, 0) is 9.09 Å². The summed E-state index contributed by atoms with van der Waals surface area (Å²) >= 11 is 0. The normalized spacial score (nSPS) is 12.1. The second-order valence-corrected chi connectivity index (χ2v) is 3.18. The maximum Gasteiger partial charge on any atom is 0.747 e. The number of carbonyl (C=O) groups excluding carboxylic acids is 1. The van der Waals surface area contributed by atoms with Crippen molar-refractivity contribution >= 4 is 14.0 Å². The summed E-state index contributed by atoms with van der Waals surface area (Å²) in [5.41, 5.74) is 0.259. The van der Waals surface area contributed by atoms with E-state index >= 15 is 0 Å². The highest BCUT2D eigenvalue weighted by Crippen LogP contribution is 2.22. The van der Waals surface area contributed by atoms with Crippen LogP contribution in [0.5, 0.6) is 0 Å². The van der Waals surface area contributed by atoms with Crippen LogP contribution in [0.25, 0.3) is 0 Å². The van der Waals surface area contributed by atoms with Crippen molar-refractivity contribution in [2.45, 2.75) is 0 Å². The van der Waals surface area contributed by atoms with Gasteiger partial charge in [0, 0.05) is 10.1 Å². The number of allylic oxidation sites excluding steroid dienone is 1. The molecule has 0 aliphatic carbocycles. The molecule has 0 bridgehead atoms. The molecule has 0 saturated carbocycles. The molecule has 78 valence electrons. The molecule has 0 heterocycles. The van der Waals surface area contributed by atoms with Gasteiger partial charge in [-0.2, -0.15) is 0 Å². The average Bonchev–Trinajstić information content (AvgIpc) is 2.26. The number of hydrogen-bond donors (Lipinski definition) is 2. The van der Waals surface area contributed by atoms with Crippen LogP contribution in [0.4, 0.5) is 0 Å². The molecule has 1 aromatic carbocycles. The van der Waals surface area contributed by atoms with Gasteiger partial charge in [-0.15, -0.1) is 4.89 Å². The van der Waals surface area contributed by atoms with Crippen LogP contribution in [0.3, 0.4) is 0 Å². The van der Waals surface area contributed by atoms with Crippen molar-refractivity contribution in [1.29, 1.82) is 0 Å². The topological polar surface area (TPSA) is 83.8 Å². The van der Waals surface area contributed by atoms with Crippen molar-refractivity contribution in [3.63, 3.8) is 0 Å². The molecular weight excluding hydrogens is 219 g/mol. The summed E-state index contributed by atoms with van der Waals surface area (Å²) in [6.07, 6.45) is 0.360. The predicted molar refractivity (Wildman–Crippen MR) is 52.4 cm³/mol. The first-order valence-corrected chi connectivity index (χ1v) is 5.06. The Bertz CT molecular complexity index is 398. The molecule has 1 unspecified atom stereocenters. The molecule has 5 nitrogen and oxygen atoms in total. The first-order chi connectivity index (χ1) is 7.15. The maximum absolute atomic E-state index is 11.5. The molecule has 15 heavy (non-hydrogen) atoms. The van der Waals surface area contributed by atoms with Gasteiger partial charge in [-0.05, 0) is 0 Å². The van der Waals surface area contributed by atoms with Crippen molar-refractivity contribution in [3.05, 3.63) is 47.9 Å². The van der Waals surface area contributed by atoms with Crippen molar-refractivity contribution in [3.8, 4) is 0 Å². The molecular formula is C9H8O5P+. The van der Waals surface area contributed by atoms with E-state index in [1.54, 1.807) is 18.2 Å². The zero-order valence-electron chi connectivity index (χ0n) is 7.53. The molecule has 1 aromatic rings. The number of aliphatic hydroxyl groups is 1. The summed E-state index contributed by atoms with van der Waals surface area (Å²) in [5.74, 6) is -1.22. The van der Waals surface area contributed by atoms with E-state index < -0.39 is 19.8 Å². The largest absolute Gasteiger partial charge is 0.747 e. The van der Waals surface area contributed by atoms with Gasteiger partial charge < -0.3 is 5.11 Å². The summed E-state index contributed by atoms with van der Waals surface area (Å²) in [6, 6.07) is 7.97. The van der Waals surface area contributed by atoms with Gasteiger partial charge in [-0.25, -0.2) is 4.52 Å². The van der Waals surface area contributed by atoms with Crippen LogP contribution in [-0.4, -0.2) is 15.8 Å². The van der Waals surface area contributed by atoms with Crippen LogP contribution in [0.15, 0.2) is 42.4 Å². The Balaban J connectivity index is 2.89. The lowest BCUT2D eigenvalue weighted by Crippen LogP contribution is -2.04. The van der Waals surface area contributed by atoms with Gasteiger partial charge in [0.25, 0.3) is 5.76 Å². The van der Waals surface area contributed by atoms with Crippen LogP contribution in [0.1, 0.15) is 10.4 Å². The van der Waals surface area contributed by atoms with Gasteiger partial charge in [-0.3, -0.25) is 4.79 Å². The van der Waals surface area contributed by atoms with E-state index in [1.165, 1.54) is 12.1 Å². The molecule has 1 atom stereocenters. The van der Waals surface area contributed by atoms with Crippen molar-refractivity contribution in [2.24, 2.45) is 0 Å². The fraction of sp³-hybridized carbons (Fsp3) is 0. The number of rotatable bonds is 4. The zero-order valence-corrected chi connectivity index (χ0v) is 8.42. The van der Waals surface area contributed by atoms with Crippen LogP contribution < -0.4 is 0 Å². The predicted octanol–water partition coefficient (Wildman–Crippen LogP) is 1.93. The summed E-state index contributed by atoms with van der Waals surface area (Å²) < 4.78 is 14.6. The standard InChI is InChI=1S/C9H7O5P/c10-6-8(14-15(12)13)9(11)7-4-2-1-3-5-7/h1-6H,(H-,10,11,12,13)/p+1. The smallest absolute Gasteiger partial charge is 0.511 e. The minimum Gasteiger partial charge on any atom is -0.511 e. The second kappa shape index (κ2) is 5.24. The lowest BCUT2D eigenvalue weighted by Gasteiger charge is -1.97. The van der Waals surface area contributed by atoms with Crippen LogP contribution in [0, 0.1) is 0 Å². The van der Waals surface area contributed by atoms with Crippen molar-refractivity contribution in [1.82, 2.24) is 0 Å². The molecule has 0 fully saturated rings. The Morgan fingerprint density at radius 1 is 1.33 bits per heavy atom. The van der Waals surface area contributed by atoms with Crippen molar-refractivity contribution in [2.75, 3.05) is 0 Å². The number of carbonyl (C=O) groups is 1. The fourth-order valence-electron chi connectivity index (χ4n) is 0.940. The molecule has 2 N–H and O–H groups in total. The number of ketones is 1. The monoisotopic (exact) mass is 227 g/mol. The van der Waals surface area contributed by atoms with E-state index in [4.69, 9.17) is 10.00 Å². The Hall–Kier alpha value is -1.71. The van der Waals surface area contributed by atoms with E-state index in [-0.39, 0.29) is 5.56 Å². The van der Waals surface area contributed by atoms with Gasteiger partial charge in [0.05, 0.1) is 0 Å². The quantitative estimate of drug-likeness (QED) is 0.355. The molecule has 6 heteroatoms. The molecule has 0 aromatic heterocycles. The van der Waals surface area contributed by atoms with E-state index in [0.29, 0.717) is 6.26 Å². The number of benzene rings is 1. The Morgan fingerprint density at radius 2 is 1.93 bits per heavy atom. The number of hydrogen-bond acceptors (Lipinski definition) is 4. The Kier molecular flexibility index (Phi) is 3.97. The highest BCUT2D eigenvalue weighted by molar-refractivity contribution is 7.32. The van der Waals surface area contributed by atoms with Crippen LogP contribution >= 0.6 is 8.25 Å². The van der Waals surface area contributed by atoms with E-state index in [0.717, 1.165) is 0 Å². The summed E-state index contributed by atoms with van der Waals surface area (Å²) in [7, 11) is -2.97. The second-order valence-electron chi connectivity index (χ2n) is 2.52. The van der Waals surface area contributed by atoms with Gasteiger partial charge in [0.1, 0.15) is 6.26 Å². The first kappa shape index (κ1) is 11.4. The van der Waals surface area contributed by atoms with Gasteiger partial charge in [0.15, 0.2) is 0 Å². The molecule has 0 radical (unpaired) electrons. The van der Waals surface area contributed by atoms with Crippen molar-refractivity contribution < 1.29 is 23.9 Å². The number of Topliss-reactive ketones (excluding diaryl/α,β-unsaturated/α-hetero) is 1. The lowest BCUT2D eigenvalue weighted by atomic mass is 10.1. The Labute approximate surface area is 86.6 Å². The molecule has 0 spiro atoms. The first-order valence-electron chi connectivity index (χ1n) is 3.93. The molecule has 1 rings (SSSR count). The average molecular weight is 227 g/mol. The summed E-state index contributed by atoms with van der Waals surface area (Å²) in [5, 5.41) is 8.66. The summed E-state index contributed by atoms with van der Waals surface area (Å²) in [6.45, 7) is 0. The van der Waals surface area contributed by atoms with E-state index in [1.807, 2.05) is 0 Å². The van der Waals surface area contributed by atoms with Gasteiger partial charge >= 0.3 is 8.25 Å². The minimum atomic E-state index is -2.97. The lowest BCUT2D eigenvalue weighted by molar-refractivity contribution is 0.0977. The third-order valence-corrected chi connectivity index (χ3v) is 1.91. The third kappa shape index (κ3) is 3.16. The van der Waals surface area contributed by atoms with Gasteiger partial charge in [0.2, 0.25) is 5.78 Å². The Morgan fingerprint density at radius 3 is 2.40 bits per heavy atom. The highest BCUT2D eigenvalue weighted by atomic mass is 31.1. The highest BCUT2D eigenvalue weighted by Gasteiger charge is 2.24. The maximum atomic E-state index is 11.5. The fourth-order valence-corrected chi connectivity index (χ4v) is 1.24. The van der Waals surface area contributed by atoms with Gasteiger partial charge in [-0.1, -0.05) is 30.3 Å². The zero-order chi connectivity index (χ0) is 11.3. The minimum absolute atomic E-state index is 0.259. The van der Waals surface area contributed by atoms with E-state index in [9.17, 15) is 9.36 Å². The van der Waals surface area contributed by atoms with Crippen LogP contribution in [0.2, 0.25) is 0 Å². The molecule has 0 amide bonds. The third-order valence-electron chi connectivity index (χ3n) is 1.55. The molecule has 0 aliphatic heterocycles.